The summed E-state index contributed by atoms with van der Waals surface area (Å²) < 4.78 is 12.5. The van der Waals surface area contributed by atoms with Crippen molar-refractivity contribution in [3.05, 3.63) is 12.4 Å². The molecule has 1 aromatic rings. The van der Waals surface area contributed by atoms with E-state index in [0.29, 0.717) is 6.61 Å². The van der Waals surface area contributed by atoms with Gasteiger partial charge in [0.25, 0.3) is 0 Å². The van der Waals surface area contributed by atoms with Crippen LogP contribution in [0.15, 0.2) is 12.4 Å². The van der Waals surface area contributed by atoms with Crippen molar-refractivity contribution in [1.82, 2.24) is 9.78 Å². The molecule has 0 bridgehead atoms. The predicted molar refractivity (Wildman–Crippen MR) is 69.7 cm³/mol. The molecule has 106 valence electrons. The molecule has 1 aliphatic rings. The van der Waals surface area contributed by atoms with Crippen LogP contribution in [0.5, 0.6) is 0 Å². The van der Waals surface area contributed by atoms with E-state index in [0.717, 1.165) is 12.1 Å². The highest BCUT2D eigenvalue weighted by Gasteiger charge is 2.42. The van der Waals surface area contributed by atoms with Gasteiger partial charge < -0.3 is 20.5 Å². The Morgan fingerprint density at radius 3 is 3.11 bits per heavy atom. The number of aromatic nitrogens is 2. The number of nitrogens with zero attached hydrogens (tertiary/aromatic N) is 2. The Morgan fingerprint density at radius 1 is 1.68 bits per heavy atom. The number of primary amides is 1. The lowest BCUT2D eigenvalue weighted by atomic mass is 9.85. The summed E-state index contributed by atoms with van der Waals surface area (Å²) in [7, 11) is 1.68. The Balaban J connectivity index is 1.88. The van der Waals surface area contributed by atoms with E-state index in [1.54, 1.807) is 19.5 Å². The molecular formula is C12H20N4O3. The minimum Gasteiger partial charge on any atom is -0.377 e. The van der Waals surface area contributed by atoms with Gasteiger partial charge in [0, 0.05) is 19.9 Å². The summed E-state index contributed by atoms with van der Waals surface area (Å²) in [5.74, 6) is -0.413. The minimum atomic E-state index is -0.413. The summed E-state index contributed by atoms with van der Waals surface area (Å²) in [5.41, 5.74) is 5.96. The van der Waals surface area contributed by atoms with E-state index in [4.69, 9.17) is 15.2 Å². The number of ether oxygens (including phenoxy) is 2. The summed E-state index contributed by atoms with van der Waals surface area (Å²) >= 11 is 0. The van der Waals surface area contributed by atoms with Gasteiger partial charge in [-0.05, 0) is 13.3 Å². The predicted octanol–water partition coefficient (Wildman–Crippen LogP) is -0.0273. The average Bonchev–Trinajstić information content (AvgIpc) is 2.74. The molecule has 0 spiro atoms. The van der Waals surface area contributed by atoms with Crippen LogP contribution in [-0.2, 0) is 20.8 Å². The molecule has 19 heavy (non-hydrogen) atoms. The second-order valence-electron chi connectivity index (χ2n) is 4.57. The number of anilines is 1. The van der Waals surface area contributed by atoms with Gasteiger partial charge in [-0.25, -0.2) is 0 Å². The average molecular weight is 268 g/mol. The number of carbonyl (C=O) groups excluding carboxylic acids is 1. The summed E-state index contributed by atoms with van der Waals surface area (Å²) in [6, 6.07) is 0.202. The number of hydrogen-bond acceptors (Lipinski definition) is 5. The molecular weight excluding hydrogens is 248 g/mol. The molecule has 7 nitrogen and oxygen atoms in total. The second-order valence-corrected chi connectivity index (χ2v) is 4.57. The molecule has 7 heteroatoms. The third kappa shape index (κ3) is 3.24. The Morgan fingerprint density at radius 2 is 2.47 bits per heavy atom. The zero-order valence-electron chi connectivity index (χ0n) is 11.2. The van der Waals surface area contributed by atoms with Crippen molar-refractivity contribution in [1.29, 1.82) is 0 Å². The molecule has 0 aliphatic heterocycles. The molecule has 1 fully saturated rings. The van der Waals surface area contributed by atoms with Gasteiger partial charge >= 0.3 is 0 Å². The van der Waals surface area contributed by atoms with Crippen molar-refractivity contribution in [2.75, 3.05) is 19.0 Å². The maximum atomic E-state index is 10.8. The Bertz CT molecular complexity index is 434. The summed E-state index contributed by atoms with van der Waals surface area (Å²) in [4.78, 5) is 10.8. The smallest absolute Gasteiger partial charge is 0.239 e. The molecule has 1 aliphatic carbocycles. The molecule has 1 heterocycles. The minimum absolute atomic E-state index is 0.0411. The lowest BCUT2D eigenvalue weighted by Gasteiger charge is -2.43. The van der Waals surface area contributed by atoms with Crippen LogP contribution in [0.2, 0.25) is 0 Å². The maximum Gasteiger partial charge on any atom is 0.239 e. The zero-order chi connectivity index (χ0) is 13.8. The number of rotatable bonds is 7. The standard InChI is InChI=1S/C12H20N4O3/c1-3-19-10-4-9(12(10)18-2)15-8-5-14-16(6-8)7-11(13)17/h5-6,9-10,12,15H,3-4,7H2,1-2H3,(H2,13,17). The molecule has 1 aromatic heterocycles. The van der Waals surface area contributed by atoms with E-state index < -0.39 is 5.91 Å². The molecule has 0 saturated heterocycles. The molecule has 3 atom stereocenters. The van der Waals surface area contributed by atoms with E-state index in [-0.39, 0.29) is 24.8 Å². The van der Waals surface area contributed by atoms with Crippen LogP contribution >= 0.6 is 0 Å². The molecule has 0 aromatic carbocycles. The first-order valence-electron chi connectivity index (χ1n) is 6.35. The van der Waals surface area contributed by atoms with Crippen molar-refractivity contribution < 1.29 is 14.3 Å². The van der Waals surface area contributed by atoms with Gasteiger partial charge in [0.1, 0.15) is 12.6 Å². The number of nitrogens with two attached hydrogens (primary N) is 1. The van der Waals surface area contributed by atoms with Crippen molar-refractivity contribution in [3.8, 4) is 0 Å². The fraction of sp³-hybridized carbons (Fsp3) is 0.667. The number of carbonyl (C=O) groups is 1. The molecule has 1 amide bonds. The fourth-order valence-corrected chi connectivity index (χ4v) is 2.31. The van der Waals surface area contributed by atoms with Gasteiger partial charge in [-0.15, -0.1) is 0 Å². The van der Waals surface area contributed by atoms with Gasteiger partial charge in [-0.2, -0.15) is 5.10 Å². The van der Waals surface area contributed by atoms with Gasteiger partial charge in [-0.3, -0.25) is 9.48 Å². The quantitative estimate of drug-likeness (QED) is 0.724. The van der Waals surface area contributed by atoms with Gasteiger partial charge in [0.15, 0.2) is 0 Å². The highest BCUT2D eigenvalue weighted by Crippen LogP contribution is 2.29. The number of nitrogens with one attached hydrogen (secondary N) is 1. The van der Waals surface area contributed by atoms with E-state index >= 15 is 0 Å². The van der Waals surface area contributed by atoms with E-state index in [1.165, 1.54) is 4.68 Å². The molecule has 0 radical (unpaired) electrons. The Kier molecular flexibility index (Phi) is 4.39. The van der Waals surface area contributed by atoms with Crippen LogP contribution in [0.1, 0.15) is 13.3 Å². The van der Waals surface area contributed by atoms with Gasteiger partial charge in [0.05, 0.1) is 24.0 Å². The van der Waals surface area contributed by atoms with E-state index in [2.05, 4.69) is 10.4 Å². The lowest BCUT2D eigenvalue weighted by Crippen LogP contribution is -2.56. The highest BCUT2D eigenvalue weighted by molar-refractivity contribution is 5.73. The van der Waals surface area contributed by atoms with Gasteiger partial charge in [0.2, 0.25) is 5.91 Å². The first-order chi connectivity index (χ1) is 9.13. The molecule has 3 N–H and O–H groups in total. The van der Waals surface area contributed by atoms with Crippen molar-refractivity contribution in [3.63, 3.8) is 0 Å². The topological polar surface area (TPSA) is 91.4 Å². The summed E-state index contributed by atoms with van der Waals surface area (Å²) in [5, 5.41) is 7.38. The molecule has 3 unspecified atom stereocenters. The van der Waals surface area contributed by atoms with Crippen LogP contribution in [0.3, 0.4) is 0 Å². The van der Waals surface area contributed by atoms with Gasteiger partial charge in [-0.1, -0.05) is 0 Å². The number of amides is 1. The van der Waals surface area contributed by atoms with Crippen molar-refractivity contribution in [2.45, 2.75) is 38.1 Å². The Hall–Kier alpha value is -1.60. The summed E-state index contributed by atoms with van der Waals surface area (Å²) in [6.45, 7) is 2.75. The van der Waals surface area contributed by atoms with Crippen molar-refractivity contribution >= 4 is 11.6 Å². The Labute approximate surface area is 112 Å². The largest absolute Gasteiger partial charge is 0.377 e. The summed E-state index contributed by atoms with van der Waals surface area (Å²) in [6.07, 6.45) is 4.51. The SMILES string of the molecule is CCOC1CC(Nc2cnn(CC(N)=O)c2)C1OC. The third-order valence-electron chi connectivity index (χ3n) is 3.21. The first kappa shape index (κ1) is 13.8. The molecule has 2 rings (SSSR count). The van der Waals surface area contributed by atoms with Crippen LogP contribution in [0.25, 0.3) is 0 Å². The maximum absolute atomic E-state index is 10.8. The van der Waals surface area contributed by atoms with Crippen LogP contribution in [0, 0.1) is 0 Å². The third-order valence-corrected chi connectivity index (χ3v) is 3.21. The zero-order valence-corrected chi connectivity index (χ0v) is 11.2. The van der Waals surface area contributed by atoms with E-state index in [1.807, 2.05) is 6.92 Å². The number of hydrogen-bond donors (Lipinski definition) is 2. The monoisotopic (exact) mass is 268 g/mol. The van der Waals surface area contributed by atoms with Crippen LogP contribution in [-0.4, -0.2) is 47.7 Å². The number of methoxy groups -OCH3 is 1. The second kappa shape index (κ2) is 6.03. The fourth-order valence-electron chi connectivity index (χ4n) is 2.31. The van der Waals surface area contributed by atoms with E-state index in [9.17, 15) is 4.79 Å². The normalized spacial score (nSPS) is 25.9. The van der Waals surface area contributed by atoms with Crippen LogP contribution < -0.4 is 11.1 Å². The van der Waals surface area contributed by atoms with Crippen molar-refractivity contribution in [2.24, 2.45) is 5.73 Å². The highest BCUT2D eigenvalue weighted by atomic mass is 16.5. The lowest BCUT2D eigenvalue weighted by molar-refractivity contribution is -0.118. The first-order valence-corrected chi connectivity index (χ1v) is 6.35. The van der Waals surface area contributed by atoms with Crippen LogP contribution in [0.4, 0.5) is 5.69 Å². The molecule has 1 saturated carbocycles.